The summed E-state index contributed by atoms with van der Waals surface area (Å²) in [5.41, 5.74) is 2.02. The Hall–Kier alpha value is -2.74. The zero-order valence-corrected chi connectivity index (χ0v) is 16.5. The number of rotatable bonds is 3. The number of piperidine rings is 1. The first-order chi connectivity index (χ1) is 14.3. The molecule has 0 spiro atoms. The molecular formula is C21H17ClF4N4. The van der Waals surface area contributed by atoms with Gasteiger partial charge < -0.3 is 4.90 Å². The quantitative estimate of drug-likeness (QED) is 0.488. The highest BCUT2D eigenvalue weighted by Crippen LogP contribution is 2.37. The van der Waals surface area contributed by atoms with Gasteiger partial charge in [-0.25, -0.2) is 9.37 Å². The zero-order valence-electron chi connectivity index (χ0n) is 15.7. The van der Waals surface area contributed by atoms with Crippen LogP contribution in [-0.4, -0.2) is 34.2 Å². The number of hydrogen-bond acceptors (Lipinski definition) is 4. The van der Waals surface area contributed by atoms with Crippen molar-refractivity contribution in [3.8, 4) is 22.5 Å². The van der Waals surface area contributed by atoms with Gasteiger partial charge in [0.2, 0.25) is 0 Å². The van der Waals surface area contributed by atoms with Crippen molar-refractivity contribution in [2.24, 2.45) is 5.92 Å². The molecular weight excluding hydrogens is 420 g/mol. The Kier molecular flexibility index (Phi) is 5.60. The van der Waals surface area contributed by atoms with E-state index in [0.717, 1.165) is 0 Å². The highest BCUT2D eigenvalue weighted by atomic mass is 35.5. The van der Waals surface area contributed by atoms with Crippen LogP contribution >= 0.6 is 11.6 Å². The van der Waals surface area contributed by atoms with E-state index in [0.29, 0.717) is 46.3 Å². The van der Waals surface area contributed by atoms with Gasteiger partial charge in [0.15, 0.2) is 0 Å². The van der Waals surface area contributed by atoms with E-state index < -0.39 is 17.9 Å². The van der Waals surface area contributed by atoms with Crippen LogP contribution in [0.4, 0.5) is 23.4 Å². The number of anilines is 1. The lowest BCUT2D eigenvalue weighted by Gasteiger charge is -2.34. The van der Waals surface area contributed by atoms with E-state index in [-0.39, 0.29) is 13.0 Å². The Bertz CT molecular complexity index is 1040. The van der Waals surface area contributed by atoms with Crippen molar-refractivity contribution >= 4 is 17.4 Å². The zero-order chi connectivity index (χ0) is 21.3. The van der Waals surface area contributed by atoms with E-state index in [1.54, 1.807) is 29.3 Å². The number of nitrogens with zero attached hydrogens (tertiary/aromatic N) is 4. The summed E-state index contributed by atoms with van der Waals surface area (Å²) in [4.78, 5) is 14.7. The molecule has 3 aromatic rings. The van der Waals surface area contributed by atoms with E-state index in [1.807, 2.05) is 0 Å². The van der Waals surface area contributed by atoms with E-state index >= 15 is 0 Å². The molecule has 1 aliphatic heterocycles. The Labute approximate surface area is 175 Å². The standard InChI is InChI=1S/C21H17ClF4N4/c22-17-10-27-8-7-16(17)20-19(13-3-5-15(23)6-4-13)28-11-18(29-20)30-9-1-2-14(12-30)21(24,25)26/h3-8,10-11,14H,1-2,9,12H2. The molecule has 9 heteroatoms. The third-order valence-electron chi connectivity index (χ3n) is 5.11. The number of benzene rings is 1. The topological polar surface area (TPSA) is 41.9 Å². The van der Waals surface area contributed by atoms with Gasteiger partial charge in [0.25, 0.3) is 0 Å². The smallest absolute Gasteiger partial charge is 0.355 e. The van der Waals surface area contributed by atoms with Crippen LogP contribution < -0.4 is 4.90 Å². The average Bonchev–Trinajstić information content (AvgIpc) is 2.74. The molecule has 0 amide bonds. The molecule has 1 saturated heterocycles. The highest BCUT2D eigenvalue weighted by molar-refractivity contribution is 6.33. The number of halogens is 5. The molecule has 0 N–H and O–H groups in total. The van der Waals surface area contributed by atoms with E-state index in [1.165, 1.54) is 24.5 Å². The van der Waals surface area contributed by atoms with Crippen LogP contribution in [0.25, 0.3) is 22.5 Å². The first-order valence-corrected chi connectivity index (χ1v) is 9.75. The van der Waals surface area contributed by atoms with Gasteiger partial charge in [-0.2, -0.15) is 13.2 Å². The fourth-order valence-corrected chi connectivity index (χ4v) is 3.77. The largest absolute Gasteiger partial charge is 0.393 e. The molecule has 4 rings (SSSR count). The van der Waals surface area contributed by atoms with Crippen molar-refractivity contribution in [3.05, 3.63) is 59.8 Å². The lowest BCUT2D eigenvalue weighted by molar-refractivity contribution is -0.176. The van der Waals surface area contributed by atoms with Crippen LogP contribution in [0, 0.1) is 11.7 Å². The summed E-state index contributed by atoms with van der Waals surface area (Å²) in [6.07, 6.45) is 0.722. The summed E-state index contributed by atoms with van der Waals surface area (Å²) in [5.74, 6) is -1.45. The molecule has 4 nitrogen and oxygen atoms in total. The summed E-state index contributed by atoms with van der Waals surface area (Å²) in [6.45, 7) is 0.290. The molecule has 3 heterocycles. The van der Waals surface area contributed by atoms with Gasteiger partial charge in [-0.3, -0.25) is 9.97 Å². The van der Waals surface area contributed by atoms with Crippen LogP contribution in [0.3, 0.4) is 0 Å². The number of alkyl halides is 3. The summed E-state index contributed by atoms with van der Waals surface area (Å²) in [7, 11) is 0. The summed E-state index contributed by atoms with van der Waals surface area (Å²) in [5, 5.41) is 0.333. The maximum Gasteiger partial charge on any atom is 0.393 e. The fraction of sp³-hybridized carbons (Fsp3) is 0.286. The molecule has 0 radical (unpaired) electrons. The Morgan fingerprint density at radius 2 is 1.80 bits per heavy atom. The monoisotopic (exact) mass is 436 g/mol. The highest BCUT2D eigenvalue weighted by Gasteiger charge is 2.42. The molecule has 1 unspecified atom stereocenters. The third-order valence-corrected chi connectivity index (χ3v) is 5.41. The van der Waals surface area contributed by atoms with Gasteiger partial charge in [-0.15, -0.1) is 0 Å². The van der Waals surface area contributed by atoms with Crippen LogP contribution in [0.2, 0.25) is 5.02 Å². The van der Waals surface area contributed by atoms with Crippen LogP contribution in [0.1, 0.15) is 12.8 Å². The molecule has 1 fully saturated rings. The van der Waals surface area contributed by atoms with Gasteiger partial charge in [0.1, 0.15) is 17.3 Å². The normalized spacial score (nSPS) is 17.2. The lowest BCUT2D eigenvalue weighted by atomic mass is 9.97. The van der Waals surface area contributed by atoms with E-state index in [4.69, 9.17) is 11.6 Å². The molecule has 1 aromatic carbocycles. The minimum atomic E-state index is -4.25. The number of aromatic nitrogens is 3. The van der Waals surface area contributed by atoms with Gasteiger partial charge in [-0.1, -0.05) is 11.6 Å². The molecule has 156 valence electrons. The Morgan fingerprint density at radius 3 is 2.50 bits per heavy atom. The van der Waals surface area contributed by atoms with Crippen LogP contribution in [-0.2, 0) is 0 Å². The minimum absolute atomic E-state index is 0.101. The first kappa shape index (κ1) is 20.5. The van der Waals surface area contributed by atoms with Gasteiger partial charge in [-0.05, 0) is 43.2 Å². The van der Waals surface area contributed by atoms with Crippen molar-refractivity contribution in [2.75, 3.05) is 18.0 Å². The maximum atomic E-state index is 13.4. The number of pyridine rings is 1. The molecule has 2 aromatic heterocycles. The van der Waals surface area contributed by atoms with Crippen molar-refractivity contribution in [1.82, 2.24) is 15.0 Å². The van der Waals surface area contributed by atoms with Gasteiger partial charge >= 0.3 is 6.18 Å². The molecule has 0 bridgehead atoms. The Morgan fingerprint density at radius 1 is 1.03 bits per heavy atom. The summed E-state index contributed by atoms with van der Waals surface area (Å²) >= 11 is 6.31. The maximum absolute atomic E-state index is 13.4. The SMILES string of the molecule is Fc1ccc(-c2ncc(N3CCCC(C(F)(F)F)C3)nc2-c2ccncc2Cl)cc1. The third kappa shape index (κ3) is 4.23. The molecule has 30 heavy (non-hydrogen) atoms. The van der Waals surface area contributed by atoms with E-state index in [2.05, 4.69) is 15.0 Å². The van der Waals surface area contributed by atoms with Crippen LogP contribution in [0.15, 0.2) is 48.9 Å². The van der Waals surface area contributed by atoms with Gasteiger partial charge in [0, 0.05) is 36.6 Å². The van der Waals surface area contributed by atoms with E-state index in [9.17, 15) is 17.6 Å². The van der Waals surface area contributed by atoms with Crippen molar-refractivity contribution in [3.63, 3.8) is 0 Å². The minimum Gasteiger partial charge on any atom is -0.355 e. The lowest BCUT2D eigenvalue weighted by Crippen LogP contribution is -2.42. The second kappa shape index (κ2) is 8.18. The predicted molar refractivity (Wildman–Crippen MR) is 107 cm³/mol. The molecule has 1 atom stereocenters. The van der Waals surface area contributed by atoms with Crippen molar-refractivity contribution in [1.29, 1.82) is 0 Å². The van der Waals surface area contributed by atoms with Crippen LogP contribution in [0.5, 0.6) is 0 Å². The molecule has 0 saturated carbocycles. The molecule has 1 aliphatic rings. The van der Waals surface area contributed by atoms with Gasteiger partial charge in [0.05, 0.1) is 22.8 Å². The summed E-state index contributed by atoms with van der Waals surface area (Å²) < 4.78 is 53.0. The second-order valence-corrected chi connectivity index (χ2v) is 7.52. The molecule has 0 aliphatic carbocycles. The predicted octanol–water partition coefficient (Wildman–Crippen LogP) is 5.78. The van der Waals surface area contributed by atoms with Crippen molar-refractivity contribution < 1.29 is 17.6 Å². The van der Waals surface area contributed by atoms with Crippen molar-refractivity contribution in [2.45, 2.75) is 19.0 Å². The Balaban J connectivity index is 1.79. The second-order valence-electron chi connectivity index (χ2n) is 7.11. The summed E-state index contributed by atoms with van der Waals surface area (Å²) in [6, 6.07) is 7.41. The first-order valence-electron chi connectivity index (χ1n) is 9.37. The average molecular weight is 437 g/mol. The fourth-order valence-electron chi connectivity index (χ4n) is 3.56. The number of hydrogen-bond donors (Lipinski definition) is 0.